The molecule has 3 aromatic rings. The molecule has 2 fully saturated rings. The van der Waals surface area contributed by atoms with Gasteiger partial charge in [0.1, 0.15) is 17.1 Å². The van der Waals surface area contributed by atoms with Gasteiger partial charge in [-0.15, -0.1) is 0 Å². The highest BCUT2D eigenvalue weighted by Crippen LogP contribution is 2.45. The highest BCUT2D eigenvalue weighted by Gasteiger charge is 2.47. The second-order valence-electron chi connectivity index (χ2n) is 9.86. The predicted octanol–water partition coefficient (Wildman–Crippen LogP) is 2.47. The average Bonchev–Trinajstić information content (AvgIpc) is 3.59. The first-order valence-electron chi connectivity index (χ1n) is 12.2. The number of benzene rings is 1. The minimum absolute atomic E-state index is 0.0364. The van der Waals surface area contributed by atoms with Crippen molar-refractivity contribution < 1.29 is 9.53 Å². The number of carbonyl (C=O) groups is 1. The quantitative estimate of drug-likeness (QED) is 0.472. The van der Waals surface area contributed by atoms with E-state index in [1.54, 1.807) is 13.3 Å². The molecule has 3 heterocycles. The first-order valence-corrected chi connectivity index (χ1v) is 12.2. The molecule has 4 N–H and O–H groups in total. The number of amides is 1. The van der Waals surface area contributed by atoms with Gasteiger partial charge in [0.05, 0.1) is 24.3 Å². The van der Waals surface area contributed by atoms with Crippen molar-refractivity contribution in [2.45, 2.75) is 12.5 Å². The minimum Gasteiger partial charge on any atom is -0.496 e. The van der Waals surface area contributed by atoms with Crippen LogP contribution in [0.15, 0.2) is 42.6 Å². The molecule has 2 aromatic heterocycles. The summed E-state index contributed by atoms with van der Waals surface area (Å²) in [7, 11) is 3.84. The van der Waals surface area contributed by atoms with E-state index in [1.807, 2.05) is 6.07 Å². The number of methoxy groups -OCH3 is 1. The fourth-order valence-electron chi connectivity index (χ4n) is 5.88. The summed E-state index contributed by atoms with van der Waals surface area (Å²) < 4.78 is 5.77. The molecule has 2 bridgehead atoms. The molecule has 2 aliphatic carbocycles. The Morgan fingerprint density at radius 3 is 2.74 bits per heavy atom. The van der Waals surface area contributed by atoms with Gasteiger partial charge < -0.3 is 30.6 Å². The third-order valence-electron chi connectivity index (χ3n) is 7.80. The number of hydrogen-bond donors (Lipinski definition) is 3. The van der Waals surface area contributed by atoms with Gasteiger partial charge in [0.2, 0.25) is 5.91 Å². The zero-order valence-electron chi connectivity index (χ0n) is 20.1. The molecular weight excluding hydrogens is 442 g/mol. The maximum absolute atomic E-state index is 12.2. The molecule has 1 amide bonds. The number of hydrogen-bond acceptors (Lipinski definition) is 7. The van der Waals surface area contributed by atoms with Crippen LogP contribution < -0.4 is 20.7 Å². The van der Waals surface area contributed by atoms with Gasteiger partial charge in [0.25, 0.3) is 0 Å². The number of ether oxygens (including phenoxy) is 1. The van der Waals surface area contributed by atoms with Gasteiger partial charge in [-0.3, -0.25) is 4.79 Å². The summed E-state index contributed by atoms with van der Waals surface area (Å²) in [6.45, 7) is 4.08. The molecule has 9 heteroatoms. The molecule has 1 aliphatic heterocycles. The van der Waals surface area contributed by atoms with Crippen molar-refractivity contribution >= 4 is 28.4 Å². The first-order chi connectivity index (χ1) is 17.0. The molecule has 6 rings (SSSR count). The Labute approximate surface area is 204 Å². The summed E-state index contributed by atoms with van der Waals surface area (Å²) in [6.07, 6.45) is 7.04. The molecule has 4 unspecified atom stereocenters. The lowest BCUT2D eigenvalue weighted by molar-refractivity contribution is -0.122. The monoisotopic (exact) mass is 473 g/mol. The Morgan fingerprint density at radius 2 is 1.97 bits per heavy atom. The standard InChI is InChI=1S/C26H31N7O2/c1-32-9-11-33(12-10-32)17-5-6-18(20(14-17)35-2)25-30-23-19(7-8-28-26(23)31-25)29-22-16-4-3-15(13-16)21(22)24(27)34/h3-8,14-16,21-22H,9-13H2,1-2H3,(H2,27,34)(H2,28,29,30,31). The van der Waals surface area contributed by atoms with Crippen molar-refractivity contribution in [3.05, 3.63) is 42.6 Å². The number of piperazine rings is 1. The molecule has 182 valence electrons. The zero-order chi connectivity index (χ0) is 24.1. The van der Waals surface area contributed by atoms with E-state index in [4.69, 9.17) is 15.5 Å². The van der Waals surface area contributed by atoms with Crippen molar-refractivity contribution in [3.63, 3.8) is 0 Å². The van der Waals surface area contributed by atoms with E-state index in [1.165, 1.54) is 0 Å². The SMILES string of the molecule is COc1cc(N2CCN(C)CC2)ccc1-c1nc2c(NC3C4C=CC(C4)C3C(N)=O)ccnc2[nH]1. The van der Waals surface area contributed by atoms with E-state index < -0.39 is 0 Å². The van der Waals surface area contributed by atoms with Crippen LogP contribution in [-0.4, -0.2) is 72.1 Å². The molecule has 1 aromatic carbocycles. The second kappa shape index (κ2) is 8.57. The number of aromatic nitrogens is 3. The Morgan fingerprint density at radius 1 is 1.17 bits per heavy atom. The summed E-state index contributed by atoms with van der Waals surface area (Å²) in [5.41, 5.74) is 10.1. The van der Waals surface area contributed by atoms with Crippen LogP contribution in [0.25, 0.3) is 22.6 Å². The van der Waals surface area contributed by atoms with Crippen molar-refractivity contribution in [3.8, 4) is 17.1 Å². The number of nitrogens with two attached hydrogens (primary N) is 1. The van der Waals surface area contributed by atoms with Crippen LogP contribution in [0.1, 0.15) is 6.42 Å². The number of likely N-dealkylation sites (N-methyl/N-ethyl adjacent to an activating group) is 1. The summed E-state index contributed by atoms with van der Waals surface area (Å²) >= 11 is 0. The van der Waals surface area contributed by atoms with E-state index in [2.05, 4.69) is 62.5 Å². The van der Waals surface area contributed by atoms with Crippen molar-refractivity contribution in [2.24, 2.45) is 23.5 Å². The van der Waals surface area contributed by atoms with Crippen molar-refractivity contribution in [1.82, 2.24) is 19.9 Å². The zero-order valence-corrected chi connectivity index (χ0v) is 20.1. The normalized spacial score (nSPS) is 25.9. The fraction of sp³-hybridized carbons (Fsp3) is 0.423. The van der Waals surface area contributed by atoms with Crippen LogP contribution >= 0.6 is 0 Å². The number of imidazole rings is 1. The minimum atomic E-state index is -0.252. The van der Waals surface area contributed by atoms with Crippen LogP contribution in [0.2, 0.25) is 0 Å². The van der Waals surface area contributed by atoms with Gasteiger partial charge in [-0.05, 0) is 43.5 Å². The fourth-order valence-corrected chi connectivity index (χ4v) is 5.88. The maximum atomic E-state index is 12.2. The summed E-state index contributed by atoms with van der Waals surface area (Å²) in [6, 6.07) is 8.14. The van der Waals surface area contributed by atoms with Gasteiger partial charge >= 0.3 is 0 Å². The first kappa shape index (κ1) is 21.9. The summed E-state index contributed by atoms with van der Waals surface area (Å²) in [5.74, 6) is 1.50. The number of carbonyl (C=O) groups excluding carboxylic acids is 1. The Hall–Kier alpha value is -3.59. The van der Waals surface area contributed by atoms with E-state index in [0.717, 1.165) is 60.8 Å². The van der Waals surface area contributed by atoms with Crippen molar-refractivity contribution in [1.29, 1.82) is 0 Å². The molecule has 0 radical (unpaired) electrons. The third-order valence-corrected chi connectivity index (χ3v) is 7.80. The van der Waals surface area contributed by atoms with Crippen LogP contribution in [0, 0.1) is 17.8 Å². The second-order valence-corrected chi connectivity index (χ2v) is 9.86. The molecular formula is C26H31N7O2. The van der Waals surface area contributed by atoms with E-state index in [0.29, 0.717) is 17.4 Å². The van der Waals surface area contributed by atoms with Gasteiger partial charge in [0, 0.05) is 50.2 Å². The average molecular weight is 474 g/mol. The lowest BCUT2D eigenvalue weighted by Crippen LogP contribution is -2.44. The highest BCUT2D eigenvalue weighted by molar-refractivity contribution is 5.89. The Bertz CT molecular complexity index is 1290. The smallest absolute Gasteiger partial charge is 0.223 e. The predicted molar refractivity (Wildman–Crippen MR) is 136 cm³/mol. The van der Waals surface area contributed by atoms with Gasteiger partial charge in [-0.1, -0.05) is 12.2 Å². The summed E-state index contributed by atoms with van der Waals surface area (Å²) in [5, 5.41) is 3.58. The van der Waals surface area contributed by atoms with Gasteiger partial charge in [-0.2, -0.15) is 0 Å². The maximum Gasteiger partial charge on any atom is 0.223 e. The van der Waals surface area contributed by atoms with E-state index in [9.17, 15) is 4.79 Å². The lowest BCUT2D eigenvalue weighted by Gasteiger charge is -2.34. The number of primary amides is 1. The highest BCUT2D eigenvalue weighted by atomic mass is 16.5. The van der Waals surface area contributed by atoms with Crippen LogP contribution in [0.5, 0.6) is 5.75 Å². The molecule has 1 saturated carbocycles. The molecule has 0 spiro atoms. The number of rotatable bonds is 6. The number of anilines is 2. The number of H-pyrrole nitrogens is 1. The van der Waals surface area contributed by atoms with E-state index in [-0.39, 0.29) is 23.8 Å². The number of allylic oxidation sites excluding steroid dienone is 1. The molecule has 35 heavy (non-hydrogen) atoms. The molecule has 9 nitrogen and oxygen atoms in total. The van der Waals surface area contributed by atoms with Crippen LogP contribution in [0.3, 0.4) is 0 Å². The molecule has 1 saturated heterocycles. The Balaban J connectivity index is 1.31. The van der Waals surface area contributed by atoms with Gasteiger partial charge in [-0.25, -0.2) is 9.97 Å². The van der Waals surface area contributed by atoms with Crippen LogP contribution in [-0.2, 0) is 4.79 Å². The largest absolute Gasteiger partial charge is 0.496 e. The molecule has 3 aliphatic rings. The number of aromatic amines is 1. The number of fused-ring (bicyclic) bond motifs is 3. The summed E-state index contributed by atoms with van der Waals surface area (Å²) in [4.78, 5) is 29.7. The number of nitrogens with zero attached hydrogens (tertiary/aromatic N) is 4. The van der Waals surface area contributed by atoms with Crippen molar-refractivity contribution in [2.75, 3.05) is 50.6 Å². The van der Waals surface area contributed by atoms with E-state index >= 15 is 0 Å². The topological polar surface area (TPSA) is 112 Å². The third kappa shape index (κ3) is 3.80. The van der Waals surface area contributed by atoms with Gasteiger partial charge in [0.15, 0.2) is 5.65 Å². The number of pyridine rings is 1. The number of nitrogens with one attached hydrogen (secondary N) is 2. The Kier molecular flexibility index (Phi) is 5.36. The lowest BCUT2D eigenvalue weighted by atomic mass is 9.88. The molecule has 4 atom stereocenters. The van der Waals surface area contributed by atoms with Crippen LogP contribution in [0.4, 0.5) is 11.4 Å².